The minimum absolute atomic E-state index is 0.248. The molecule has 1 atom stereocenters. The maximum Gasteiger partial charge on any atom is 0.254 e. The Morgan fingerprint density at radius 2 is 1.69 bits per heavy atom. The van der Waals surface area contributed by atoms with E-state index in [0.717, 1.165) is 0 Å². The van der Waals surface area contributed by atoms with Crippen molar-refractivity contribution < 1.29 is 28.6 Å². The summed E-state index contributed by atoms with van der Waals surface area (Å²) in [5, 5.41) is 7.93. The summed E-state index contributed by atoms with van der Waals surface area (Å²) < 4.78 is 15.8. The van der Waals surface area contributed by atoms with Crippen LogP contribution in [0.4, 0.5) is 11.4 Å². The molecule has 3 N–H and O–H groups in total. The van der Waals surface area contributed by atoms with Gasteiger partial charge in [0, 0.05) is 17.8 Å². The number of amides is 3. The first kappa shape index (κ1) is 20.0. The fourth-order valence-corrected chi connectivity index (χ4v) is 3.01. The van der Waals surface area contributed by atoms with Crippen molar-refractivity contribution in [2.24, 2.45) is 0 Å². The lowest BCUT2D eigenvalue weighted by atomic mass is 10.1. The van der Waals surface area contributed by atoms with Crippen LogP contribution in [0.5, 0.6) is 17.2 Å². The molecular weight excluding hydrogens is 378 g/mol. The summed E-state index contributed by atoms with van der Waals surface area (Å²) in [6.45, 7) is 0. The fourth-order valence-electron chi connectivity index (χ4n) is 3.01. The van der Waals surface area contributed by atoms with Gasteiger partial charge in [-0.05, 0) is 12.1 Å². The average molecular weight is 399 g/mol. The Morgan fingerprint density at radius 3 is 2.31 bits per heavy atom. The first-order chi connectivity index (χ1) is 14.0. The van der Waals surface area contributed by atoms with Gasteiger partial charge in [-0.15, -0.1) is 0 Å². The molecule has 0 spiro atoms. The predicted molar refractivity (Wildman–Crippen MR) is 106 cm³/mol. The van der Waals surface area contributed by atoms with Crippen LogP contribution in [0.25, 0.3) is 0 Å². The van der Waals surface area contributed by atoms with E-state index in [2.05, 4.69) is 16.0 Å². The number of hydrogen-bond donors (Lipinski definition) is 3. The number of carbonyl (C=O) groups excluding carboxylic acids is 3. The van der Waals surface area contributed by atoms with Gasteiger partial charge < -0.3 is 30.2 Å². The normalized spacial score (nSPS) is 15.3. The second-order valence-corrected chi connectivity index (χ2v) is 6.23. The quantitative estimate of drug-likeness (QED) is 0.682. The van der Waals surface area contributed by atoms with Gasteiger partial charge in [0.05, 0.1) is 39.0 Å². The highest BCUT2D eigenvalue weighted by Crippen LogP contribution is 2.39. The highest BCUT2D eigenvalue weighted by atomic mass is 16.5. The van der Waals surface area contributed by atoms with Crippen LogP contribution in [-0.2, 0) is 9.59 Å². The Bertz CT molecular complexity index is 934. The molecule has 1 heterocycles. The minimum atomic E-state index is -1.02. The fraction of sp³-hybridized carbons (Fsp3) is 0.250. The van der Waals surface area contributed by atoms with Gasteiger partial charge in [0.15, 0.2) is 11.5 Å². The third kappa shape index (κ3) is 4.23. The van der Waals surface area contributed by atoms with Gasteiger partial charge in [0.1, 0.15) is 6.04 Å². The van der Waals surface area contributed by atoms with E-state index in [1.165, 1.54) is 21.3 Å². The van der Waals surface area contributed by atoms with Crippen LogP contribution in [0.2, 0.25) is 0 Å². The van der Waals surface area contributed by atoms with Crippen LogP contribution in [0.1, 0.15) is 16.8 Å². The molecule has 0 aromatic heterocycles. The molecule has 0 aliphatic carbocycles. The lowest BCUT2D eigenvalue weighted by molar-refractivity contribution is -0.122. The van der Waals surface area contributed by atoms with Crippen LogP contribution in [-0.4, -0.2) is 45.1 Å². The molecule has 9 heteroatoms. The number of hydrogen-bond acceptors (Lipinski definition) is 6. The summed E-state index contributed by atoms with van der Waals surface area (Å²) in [5.74, 6) is -0.226. The minimum Gasteiger partial charge on any atom is -0.493 e. The van der Waals surface area contributed by atoms with Crippen molar-refractivity contribution in [2.45, 2.75) is 12.5 Å². The number of carbonyl (C=O) groups is 3. The molecule has 0 radical (unpaired) electrons. The van der Waals surface area contributed by atoms with Gasteiger partial charge >= 0.3 is 0 Å². The maximum atomic E-state index is 12.5. The van der Waals surface area contributed by atoms with E-state index in [4.69, 9.17) is 14.2 Å². The Kier molecular flexibility index (Phi) is 5.87. The average Bonchev–Trinajstić information content (AvgIpc) is 2.83. The van der Waals surface area contributed by atoms with Gasteiger partial charge in [-0.1, -0.05) is 12.1 Å². The molecule has 2 aromatic carbocycles. The lowest BCUT2D eigenvalue weighted by Gasteiger charge is -2.16. The first-order valence-corrected chi connectivity index (χ1v) is 8.77. The molecule has 1 aliphatic rings. The summed E-state index contributed by atoms with van der Waals surface area (Å²) in [7, 11) is 4.40. The Labute approximate surface area is 167 Å². The molecule has 1 aliphatic heterocycles. The zero-order chi connectivity index (χ0) is 21.0. The number of para-hydroxylation sites is 1. The smallest absolute Gasteiger partial charge is 0.254 e. The van der Waals surface area contributed by atoms with E-state index in [9.17, 15) is 14.4 Å². The van der Waals surface area contributed by atoms with E-state index in [1.54, 1.807) is 36.4 Å². The molecule has 0 fully saturated rings. The number of anilines is 2. The Morgan fingerprint density at radius 1 is 1.03 bits per heavy atom. The van der Waals surface area contributed by atoms with Crippen LogP contribution < -0.4 is 30.2 Å². The maximum absolute atomic E-state index is 12.5. The van der Waals surface area contributed by atoms with Gasteiger partial charge in [-0.25, -0.2) is 0 Å². The highest BCUT2D eigenvalue weighted by Gasteiger charge is 2.29. The summed E-state index contributed by atoms with van der Waals surface area (Å²) in [4.78, 5) is 37.3. The third-order valence-electron chi connectivity index (χ3n) is 4.39. The number of ether oxygens (including phenoxy) is 3. The van der Waals surface area contributed by atoms with E-state index in [0.29, 0.717) is 34.2 Å². The Hall–Kier alpha value is -3.75. The summed E-state index contributed by atoms with van der Waals surface area (Å²) in [5.41, 5.74) is 1.14. The van der Waals surface area contributed by atoms with Crippen molar-refractivity contribution in [2.75, 3.05) is 32.0 Å². The molecule has 0 saturated heterocycles. The zero-order valence-electron chi connectivity index (χ0n) is 16.2. The molecular formula is C20H21N3O6. The Balaban J connectivity index is 1.74. The number of fused-ring (bicyclic) bond motifs is 1. The highest BCUT2D eigenvalue weighted by molar-refractivity contribution is 6.11. The zero-order valence-corrected chi connectivity index (χ0v) is 16.2. The molecule has 0 unspecified atom stereocenters. The summed E-state index contributed by atoms with van der Waals surface area (Å²) >= 11 is 0. The van der Waals surface area contributed by atoms with Crippen LogP contribution >= 0.6 is 0 Å². The third-order valence-corrected chi connectivity index (χ3v) is 4.39. The number of benzene rings is 2. The topological polar surface area (TPSA) is 115 Å². The van der Waals surface area contributed by atoms with Crippen molar-refractivity contribution >= 4 is 29.1 Å². The van der Waals surface area contributed by atoms with Gasteiger partial charge in [-0.3, -0.25) is 14.4 Å². The molecule has 152 valence electrons. The van der Waals surface area contributed by atoms with Gasteiger partial charge in [0.25, 0.3) is 5.91 Å². The number of nitrogens with one attached hydrogen (secondary N) is 3. The van der Waals surface area contributed by atoms with E-state index in [-0.39, 0.29) is 6.42 Å². The second kappa shape index (κ2) is 8.51. The predicted octanol–water partition coefficient (Wildman–Crippen LogP) is 1.79. The monoisotopic (exact) mass is 399 g/mol. The summed E-state index contributed by atoms with van der Waals surface area (Å²) in [6, 6.07) is 8.76. The largest absolute Gasteiger partial charge is 0.493 e. The van der Waals surface area contributed by atoms with E-state index >= 15 is 0 Å². The first-order valence-electron chi connectivity index (χ1n) is 8.77. The molecule has 0 saturated carbocycles. The van der Waals surface area contributed by atoms with Crippen LogP contribution in [0.3, 0.4) is 0 Å². The van der Waals surface area contributed by atoms with Crippen LogP contribution in [0.15, 0.2) is 36.4 Å². The standard InChI is InChI=1S/C20H21N3O6/c1-27-15-8-11(9-16(28-2)18(15)29-3)21-17(24)10-14-20(26)22-13-7-5-4-6-12(13)19(25)23-14/h4-9,14H,10H2,1-3H3,(H,21,24)(H,22,26)(H,23,25)/t14-/m1/s1. The SMILES string of the molecule is COc1cc(NC(=O)C[C@H]2NC(=O)c3ccccc3NC2=O)cc(OC)c1OC. The van der Waals surface area contributed by atoms with Crippen molar-refractivity contribution in [3.8, 4) is 17.2 Å². The van der Waals surface area contributed by atoms with Crippen molar-refractivity contribution in [3.05, 3.63) is 42.0 Å². The lowest BCUT2D eigenvalue weighted by Crippen LogP contribution is -2.43. The molecule has 3 amide bonds. The molecule has 9 nitrogen and oxygen atoms in total. The number of methoxy groups -OCH3 is 3. The number of rotatable bonds is 6. The van der Waals surface area contributed by atoms with Crippen LogP contribution in [0, 0.1) is 0 Å². The van der Waals surface area contributed by atoms with Crippen molar-refractivity contribution in [1.29, 1.82) is 0 Å². The van der Waals surface area contributed by atoms with Gasteiger partial charge in [-0.2, -0.15) is 0 Å². The molecule has 29 heavy (non-hydrogen) atoms. The van der Waals surface area contributed by atoms with Crippen molar-refractivity contribution in [3.63, 3.8) is 0 Å². The summed E-state index contributed by atoms with van der Waals surface area (Å²) in [6.07, 6.45) is -0.248. The van der Waals surface area contributed by atoms with Gasteiger partial charge in [0.2, 0.25) is 17.6 Å². The molecule has 2 aromatic rings. The van der Waals surface area contributed by atoms with E-state index < -0.39 is 23.8 Å². The van der Waals surface area contributed by atoms with E-state index in [1.807, 2.05) is 0 Å². The van der Waals surface area contributed by atoms with Crippen molar-refractivity contribution in [1.82, 2.24) is 5.32 Å². The molecule has 3 rings (SSSR count). The molecule has 0 bridgehead atoms. The second-order valence-electron chi connectivity index (χ2n) is 6.23.